The predicted molar refractivity (Wildman–Crippen MR) is 87.5 cm³/mol. The van der Waals surface area contributed by atoms with Crippen LogP contribution in [-0.2, 0) is 24.7 Å². The van der Waals surface area contributed by atoms with E-state index in [0.717, 1.165) is 23.0 Å². The molecule has 0 aliphatic carbocycles. The highest BCUT2D eigenvalue weighted by Gasteiger charge is 2.05. The normalized spacial score (nSPS) is 10.9. The molecule has 23 heavy (non-hydrogen) atoms. The van der Waals surface area contributed by atoms with Gasteiger partial charge in [0.05, 0.1) is 23.8 Å². The summed E-state index contributed by atoms with van der Waals surface area (Å²) in [5.41, 5.74) is 3.85. The number of amides is 1. The summed E-state index contributed by atoms with van der Waals surface area (Å²) in [4.78, 5) is 16.2. The van der Waals surface area contributed by atoms with Crippen molar-refractivity contribution in [1.82, 2.24) is 14.9 Å². The van der Waals surface area contributed by atoms with Crippen LogP contribution in [0, 0.1) is 5.82 Å². The second-order valence-corrected chi connectivity index (χ2v) is 5.59. The zero-order valence-electron chi connectivity index (χ0n) is 12.9. The Morgan fingerprint density at radius 1 is 1.22 bits per heavy atom. The van der Waals surface area contributed by atoms with E-state index in [4.69, 9.17) is 0 Å². The van der Waals surface area contributed by atoms with Crippen molar-refractivity contribution in [2.75, 3.05) is 6.54 Å². The molecule has 0 saturated heterocycles. The smallest absolute Gasteiger partial charge is 0.224 e. The number of fused-ring (bicyclic) bond motifs is 1. The summed E-state index contributed by atoms with van der Waals surface area (Å²) < 4.78 is 15.1. The number of carbonyl (C=O) groups excluding carboxylic acids is 1. The number of hydrogen-bond donors (Lipinski definition) is 1. The van der Waals surface area contributed by atoms with E-state index in [1.807, 2.05) is 29.8 Å². The number of aryl methyl sites for hydroxylation is 1. The average molecular weight is 311 g/mol. The SMILES string of the molecule is Cn1cnc2cc(CCNC(=O)Cc3cccc(F)c3)ccc21. The summed E-state index contributed by atoms with van der Waals surface area (Å²) >= 11 is 0. The fourth-order valence-electron chi connectivity index (χ4n) is 2.58. The van der Waals surface area contributed by atoms with E-state index in [0.29, 0.717) is 12.1 Å². The monoisotopic (exact) mass is 311 g/mol. The summed E-state index contributed by atoms with van der Waals surface area (Å²) in [6.07, 6.45) is 2.72. The van der Waals surface area contributed by atoms with Gasteiger partial charge in [-0.05, 0) is 41.8 Å². The van der Waals surface area contributed by atoms with Crippen molar-refractivity contribution >= 4 is 16.9 Å². The van der Waals surface area contributed by atoms with Gasteiger partial charge in [-0.1, -0.05) is 18.2 Å². The maximum Gasteiger partial charge on any atom is 0.224 e. The standard InChI is InChI=1S/C18H18FN3O/c1-22-12-21-16-10-13(5-6-17(16)22)7-8-20-18(23)11-14-3-2-4-15(19)9-14/h2-6,9-10,12H,7-8,11H2,1H3,(H,20,23). The first-order valence-electron chi connectivity index (χ1n) is 7.53. The molecule has 0 aliphatic rings. The van der Waals surface area contributed by atoms with E-state index in [-0.39, 0.29) is 18.1 Å². The van der Waals surface area contributed by atoms with E-state index in [1.54, 1.807) is 18.5 Å². The molecule has 0 bridgehead atoms. The van der Waals surface area contributed by atoms with Gasteiger partial charge in [0.2, 0.25) is 5.91 Å². The third-order valence-corrected chi connectivity index (χ3v) is 3.78. The number of aromatic nitrogens is 2. The lowest BCUT2D eigenvalue weighted by Crippen LogP contribution is -2.27. The van der Waals surface area contributed by atoms with Crippen molar-refractivity contribution in [2.45, 2.75) is 12.8 Å². The van der Waals surface area contributed by atoms with Crippen molar-refractivity contribution < 1.29 is 9.18 Å². The highest BCUT2D eigenvalue weighted by atomic mass is 19.1. The van der Waals surface area contributed by atoms with Crippen LogP contribution >= 0.6 is 0 Å². The van der Waals surface area contributed by atoms with Gasteiger partial charge in [-0.3, -0.25) is 4.79 Å². The van der Waals surface area contributed by atoms with Crippen LogP contribution in [0.25, 0.3) is 11.0 Å². The van der Waals surface area contributed by atoms with E-state index >= 15 is 0 Å². The molecular formula is C18H18FN3O. The van der Waals surface area contributed by atoms with Crippen LogP contribution in [0.4, 0.5) is 4.39 Å². The summed E-state index contributed by atoms with van der Waals surface area (Å²) in [6.45, 7) is 0.548. The zero-order chi connectivity index (χ0) is 16.2. The van der Waals surface area contributed by atoms with Crippen LogP contribution in [0.3, 0.4) is 0 Å². The predicted octanol–water partition coefficient (Wildman–Crippen LogP) is 2.61. The fraction of sp³-hybridized carbons (Fsp3) is 0.222. The number of hydrogen-bond acceptors (Lipinski definition) is 2. The first kappa shape index (κ1) is 15.2. The van der Waals surface area contributed by atoms with E-state index < -0.39 is 0 Å². The van der Waals surface area contributed by atoms with Crippen molar-refractivity contribution in [1.29, 1.82) is 0 Å². The maximum atomic E-state index is 13.1. The number of benzene rings is 2. The Morgan fingerprint density at radius 3 is 2.91 bits per heavy atom. The zero-order valence-corrected chi connectivity index (χ0v) is 12.9. The Hall–Kier alpha value is -2.69. The molecule has 118 valence electrons. The minimum atomic E-state index is -0.320. The van der Waals surface area contributed by atoms with Crippen LogP contribution < -0.4 is 5.32 Å². The van der Waals surface area contributed by atoms with Crippen LogP contribution in [0.5, 0.6) is 0 Å². The Balaban J connectivity index is 1.52. The third-order valence-electron chi connectivity index (χ3n) is 3.78. The summed E-state index contributed by atoms with van der Waals surface area (Å²) in [5.74, 6) is -0.423. The summed E-state index contributed by atoms with van der Waals surface area (Å²) in [7, 11) is 1.96. The van der Waals surface area contributed by atoms with Gasteiger partial charge in [0, 0.05) is 13.6 Å². The van der Waals surface area contributed by atoms with Gasteiger partial charge in [0.1, 0.15) is 5.82 Å². The van der Waals surface area contributed by atoms with Gasteiger partial charge in [0.25, 0.3) is 0 Å². The lowest BCUT2D eigenvalue weighted by Gasteiger charge is -2.06. The minimum Gasteiger partial charge on any atom is -0.355 e. The fourth-order valence-corrected chi connectivity index (χ4v) is 2.58. The van der Waals surface area contributed by atoms with Crippen LogP contribution in [-0.4, -0.2) is 22.0 Å². The van der Waals surface area contributed by atoms with Crippen molar-refractivity contribution in [3.05, 3.63) is 65.7 Å². The summed E-state index contributed by atoms with van der Waals surface area (Å²) in [6, 6.07) is 12.2. The third kappa shape index (κ3) is 3.74. The lowest BCUT2D eigenvalue weighted by molar-refractivity contribution is -0.120. The highest BCUT2D eigenvalue weighted by Crippen LogP contribution is 2.14. The molecule has 2 aromatic carbocycles. The first-order valence-corrected chi connectivity index (χ1v) is 7.53. The Bertz CT molecular complexity index is 841. The Morgan fingerprint density at radius 2 is 2.09 bits per heavy atom. The molecule has 0 fully saturated rings. The average Bonchev–Trinajstić information content (AvgIpc) is 2.88. The van der Waals surface area contributed by atoms with Crippen molar-refractivity contribution in [2.24, 2.45) is 7.05 Å². The molecule has 0 saturated carbocycles. The Labute approximate surface area is 134 Å². The number of carbonyl (C=O) groups is 1. The molecule has 1 heterocycles. The highest BCUT2D eigenvalue weighted by molar-refractivity contribution is 5.78. The number of nitrogens with zero attached hydrogens (tertiary/aromatic N) is 2. The lowest BCUT2D eigenvalue weighted by atomic mass is 10.1. The van der Waals surface area contributed by atoms with Crippen molar-refractivity contribution in [3.63, 3.8) is 0 Å². The maximum absolute atomic E-state index is 13.1. The molecule has 1 aromatic heterocycles. The van der Waals surface area contributed by atoms with E-state index in [1.165, 1.54) is 12.1 Å². The van der Waals surface area contributed by atoms with E-state index in [2.05, 4.69) is 10.3 Å². The first-order chi connectivity index (χ1) is 11.1. The molecular weight excluding hydrogens is 293 g/mol. The largest absolute Gasteiger partial charge is 0.355 e. The van der Waals surface area contributed by atoms with Crippen LogP contribution in [0.15, 0.2) is 48.8 Å². The summed E-state index contributed by atoms with van der Waals surface area (Å²) in [5, 5.41) is 2.87. The molecule has 0 unspecified atom stereocenters. The topological polar surface area (TPSA) is 46.9 Å². The Kier molecular flexibility index (Phi) is 4.37. The molecule has 0 aliphatic heterocycles. The number of halogens is 1. The molecule has 1 N–H and O–H groups in total. The van der Waals surface area contributed by atoms with E-state index in [9.17, 15) is 9.18 Å². The molecule has 0 spiro atoms. The second-order valence-electron chi connectivity index (χ2n) is 5.59. The van der Waals surface area contributed by atoms with Gasteiger partial charge in [-0.25, -0.2) is 9.37 Å². The number of nitrogens with one attached hydrogen (secondary N) is 1. The quantitative estimate of drug-likeness (QED) is 0.787. The van der Waals surface area contributed by atoms with Gasteiger partial charge >= 0.3 is 0 Å². The van der Waals surface area contributed by atoms with Gasteiger partial charge < -0.3 is 9.88 Å². The molecule has 5 heteroatoms. The number of imidazole rings is 1. The molecule has 3 aromatic rings. The second kappa shape index (κ2) is 6.60. The number of rotatable bonds is 5. The molecule has 3 rings (SSSR count). The van der Waals surface area contributed by atoms with Gasteiger partial charge in [-0.2, -0.15) is 0 Å². The molecule has 1 amide bonds. The minimum absolute atomic E-state index is 0.102. The molecule has 0 radical (unpaired) electrons. The van der Waals surface area contributed by atoms with Crippen LogP contribution in [0.2, 0.25) is 0 Å². The van der Waals surface area contributed by atoms with Gasteiger partial charge in [0.15, 0.2) is 0 Å². The van der Waals surface area contributed by atoms with Crippen molar-refractivity contribution in [3.8, 4) is 0 Å². The molecule has 0 atom stereocenters. The van der Waals surface area contributed by atoms with Gasteiger partial charge in [-0.15, -0.1) is 0 Å². The van der Waals surface area contributed by atoms with Crippen LogP contribution in [0.1, 0.15) is 11.1 Å². The molecule has 4 nitrogen and oxygen atoms in total.